The van der Waals surface area contributed by atoms with Crippen molar-refractivity contribution in [3.8, 4) is 0 Å². The third kappa shape index (κ3) is 3.64. The number of aromatic nitrogens is 2. The highest BCUT2D eigenvalue weighted by atomic mass is 16.2. The number of nitrogens with one attached hydrogen (secondary N) is 1. The fourth-order valence-electron chi connectivity index (χ4n) is 3.90. The summed E-state index contributed by atoms with van der Waals surface area (Å²) in [5, 5.41) is 3.00. The lowest BCUT2D eigenvalue weighted by molar-refractivity contribution is 0.138. The van der Waals surface area contributed by atoms with Gasteiger partial charge in [-0.1, -0.05) is 25.7 Å². The lowest BCUT2D eigenvalue weighted by Gasteiger charge is -2.34. The third-order valence-corrected chi connectivity index (χ3v) is 4.97. The van der Waals surface area contributed by atoms with E-state index in [1.54, 1.807) is 18.7 Å². The summed E-state index contributed by atoms with van der Waals surface area (Å²) in [7, 11) is 0. The molecule has 2 aliphatic carbocycles. The summed E-state index contributed by atoms with van der Waals surface area (Å²) in [4.78, 5) is 18.5. The number of rotatable bonds is 5. The molecule has 0 aromatic carbocycles. The Kier molecular flexibility index (Phi) is 4.91. The summed E-state index contributed by atoms with van der Waals surface area (Å²) in [6.45, 7) is 1.71. The molecule has 2 saturated carbocycles. The van der Waals surface area contributed by atoms with E-state index in [2.05, 4.69) is 15.2 Å². The minimum atomic E-state index is -0.0784. The minimum Gasteiger partial charge on any atom is -0.336 e. The number of carbonyl (C=O) groups excluding carboxylic acids is 1. The molecule has 0 spiro atoms. The van der Waals surface area contributed by atoms with Crippen molar-refractivity contribution in [2.45, 2.75) is 63.5 Å². The number of carbonyl (C=O) groups is 1. The van der Waals surface area contributed by atoms with Crippen LogP contribution in [0.1, 0.15) is 51.4 Å². The summed E-state index contributed by atoms with van der Waals surface area (Å²) in [5.41, 5.74) is 0. The fraction of sp³-hybridized carbons (Fsp3) is 0.750. The first-order chi connectivity index (χ1) is 10.3. The molecule has 1 amide bonds. The molecule has 0 saturated heterocycles. The molecule has 5 heteroatoms. The van der Waals surface area contributed by atoms with Crippen molar-refractivity contribution >= 4 is 6.03 Å². The predicted octanol–water partition coefficient (Wildman–Crippen LogP) is 2.63. The van der Waals surface area contributed by atoms with Crippen LogP contribution >= 0.6 is 0 Å². The number of nitrogens with zero attached hydrogens (tertiary/aromatic N) is 3. The molecule has 0 unspecified atom stereocenters. The summed E-state index contributed by atoms with van der Waals surface area (Å²) < 4.78 is 1.50. The maximum Gasteiger partial charge on any atom is 0.326 e. The van der Waals surface area contributed by atoms with Gasteiger partial charge in [0.25, 0.3) is 0 Å². The van der Waals surface area contributed by atoms with Crippen LogP contribution in [0.5, 0.6) is 0 Å². The molecule has 2 aliphatic rings. The molecule has 116 valence electrons. The molecule has 1 aromatic heterocycles. The molecule has 1 aromatic rings. The van der Waals surface area contributed by atoms with E-state index >= 15 is 0 Å². The second kappa shape index (κ2) is 7.07. The van der Waals surface area contributed by atoms with Crippen LogP contribution < -0.4 is 5.32 Å². The van der Waals surface area contributed by atoms with Crippen molar-refractivity contribution in [2.24, 2.45) is 0 Å². The first-order valence-electron chi connectivity index (χ1n) is 8.36. The average Bonchev–Trinajstić information content (AvgIpc) is 3.27. The van der Waals surface area contributed by atoms with Crippen molar-refractivity contribution in [1.82, 2.24) is 19.8 Å². The van der Waals surface area contributed by atoms with Crippen molar-refractivity contribution in [3.63, 3.8) is 0 Å². The fourth-order valence-corrected chi connectivity index (χ4v) is 3.90. The Morgan fingerprint density at radius 2 is 1.76 bits per heavy atom. The smallest absolute Gasteiger partial charge is 0.326 e. The van der Waals surface area contributed by atoms with Gasteiger partial charge in [0.15, 0.2) is 0 Å². The van der Waals surface area contributed by atoms with Gasteiger partial charge in [-0.3, -0.25) is 9.47 Å². The molecule has 3 rings (SSSR count). The summed E-state index contributed by atoms with van der Waals surface area (Å²) in [6, 6.07) is 1.42. The van der Waals surface area contributed by atoms with Gasteiger partial charge >= 0.3 is 6.03 Å². The molecule has 5 nitrogen and oxygen atoms in total. The number of hydrogen-bond donors (Lipinski definition) is 1. The van der Waals surface area contributed by atoms with Crippen LogP contribution in [-0.4, -0.2) is 45.7 Å². The van der Waals surface area contributed by atoms with Crippen molar-refractivity contribution in [2.75, 3.05) is 13.1 Å². The van der Waals surface area contributed by atoms with Gasteiger partial charge in [0.05, 0.1) is 0 Å². The van der Waals surface area contributed by atoms with Crippen LogP contribution in [0.4, 0.5) is 4.79 Å². The van der Waals surface area contributed by atoms with E-state index in [9.17, 15) is 4.79 Å². The quantitative estimate of drug-likeness (QED) is 0.907. The van der Waals surface area contributed by atoms with E-state index in [0.717, 1.165) is 25.2 Å². The van der Waals surface area contributed by atoms with Crippen LogP contribution in [0.25, 0.3) is 0 Å². The van der Waals surface area contributed by atoms with Gasteiger partial charge in [0.1, 0.15) is 6.33 Å². The second-order valence-corrected chi connectivity index (χ2v) is 6.32. The van der Waals surface area contributed by atoms with Gasteiger partial charge in [-0.15, -0.1) is 0 Å². The summed E-state index contributed by atoms with van der Waals surface area (Å²) >= 11 is 0. The minimum absolute atomic E-state index is 0.0784. The second-order valence-electron chi connectivity index (χ2n) is 6.32. The average molecular weight is 290 g/mol. The first kappa shape index (κ1) is 14.6. The van der Waals surface area contributed by atoms with E-state index in [4.69, 9.17) is 0 Å². The van der Waals surface area contributed by atoms with Crippen LogP contribution in [0, 0.1) is 0 Å². The largest absolute Gasteiger partial charge is 0.336 e. The van der Waals surface area contributed by atoms with Crippen LogP contribution in [0.3, 0.4) is 0 Å². The molecule has 0 atom stereocenters. The van der Waals surface area contributed by atoms with Crippen LogP contribution in [-0.2, 0) is 0 Å². The van der Waals surface area contributed by atoms with E-state index < -0.39 is 0 Å². The van der Waals surface area contributed by atoms with E-state index in [0.29, 0.717) is 0 Å². The zero-order chi connectivity index (χ0) is 14.5. The SMILES string of the molecule is O=C(NCCN(C1CCCC1)C1CCCC1)n1ccnc1. The van der Waals surface area contributed by atoms with Gasteiger partial charge in [-0.2, -0.15) is 0 Å². The Balaban J connectivity index is 1.50. The molecule has 1 N–H and O–H groups in total. The Morgan fingerprint density at radius 1 is 1.14 bits per heavy atom. The molecule has 0 bridgehead atoms. The lowest BCUT2D eigenvalue weighted by Crippen LogP contribution is -2.45. The van der Waals surface area contributed by atoms with Crippen molar-refractivity contribution in [1.29, 1.82) is 0 Å². The first-order valence-corrected chi connectivity index (χ1v) is 8.36. The highest BCUT2D eigenvalue weighted by molar-refractivity contribution is 5.76. The number of imidazole rings is 1. The summed E-state index contributed by atoms with van der Waals surface area (Å²) in [6.07, 6.45) is 15.7. The van der Waals surface area contributed by atoms with Gasteiger partial charge < -0.3 is 5.32 Å². The topological polar surface area (TPSA) is 50.2 Å². The Bertz CT molecular complexity index is 417. The highest BCUT2D eigenvalue weighted by Crippen LogP contribution is 2.31. The van der Waals surface area contributed by atoms with Crippen molar-refractivity contribution < 1.29 is 4.79 Å². The van der Waals surface area contributed by atoms with Crippen LogP contribution in [0.2, 0.25) is 0 Å². The Labute approximate surface area is 126 Å². The van der Waals surface area contributed by atoms with Gasteiger partial charge in [-0.05, 0) is 25.7 Å². The van der Waals surface area contributed by atoms with E-state index in [1.807, 2.05) is 0 Å². The lowest BCUT2D eigenvalue weighted by atomic mass is 10.1. The zero-order valence-electron chi connectivity index (χ0n) is 12.7. The number of amides is 1. The molecule has 0 aliphatic heterocycles. The molecule has 21 heavy (non-hydrogen) atoms. The molecule has 0 radical (unpaired) electrons. The van der Waals surface area contributed by atoms with Gasteiger partial charge in [0.2, 0.25) is 0 Å². The third-order valence-electron chi connectivity index (χ3n) is 4.97. The normalized spacial score (nSPS) is 20.4. The standard InChI is InChI=1S/C16H26N4O/c21-16(19-11-9-17-13-19)18-10-12-20(14-5-1-2-6-14)15-7-3-4-8-15/h9,11,13-15H,1-8,10,12H2,(H,18,21). The van der Waals surface area contributed by atoms with Gasteiger partial charge in [0, 0.05) is 37.6 Å². The molecular formula is C16H26N4O. The molecule has 1 heterocycles. The van der Waals surface area contributed by atoms with E-state index in [1.165, 1.54) is 55.9 Å². The number of hydrogen-bond acceptors (Lipinski definition) is 3. The van der Waals surface area contributed by atoms with Crippen LogP contribution in [0.15, 0.2) is 18.7 Å². The zero-order valence-corrected chi connectivity index (χ0v) is 12.7. The van der Waals surface area contributed by atoms with E-state index in [-0.39, 0.29) is 6.03 Å². The predicted molar refractivity (Wildman–Crippen MR) is 82.2 cm³/mol. The van der Waals surface area contributed by atoms with Crippen molar-refractivity contribution in [3.05, 3.63) is 18.7 Å². The Hall–Kier alpha value is -1.36. The maximum atomic E-state index is 11.9. The summed E-state index contributed by atoms with van der Waals surface area (Å²) in [5.74, 6) is 0. The molecular weight excluding hydrogens is 264 g/mol. The Morgan fingerprint density at radius 3 is 2.29 bits per heavy atom. The maximum absolute atomic E-state index is 11.9. The highest BCUT2D eigenvalue weighted by Gasteiger charge is 2.30. The van der Waals surface area contributed by atoms with Gasteiger partial charge in [-0.25, -0.2) is 9.78 Å². The monoisotopic (exact) mass is 290 g/mol. The molecule has 2 fully saturated rings.